The minimum Gasteiger partial charge on any atom is -0.324 e. The van der Waals surface area contributed by atoms with Gasteiger partial charge in [-0.2, -0.15) is 0 Å². The zero-order chi connectivity index (χ0) is 12.8. The Morgan fingerprint density at radius 2 is 1.88 bits per heavy atom. The molecule has 0 aliphatic rings. The van der Waals surface area contributed by atoms with Gasteiger partial charge in [0.15, 0.2) is 0 Å². The fourth-order valence-electron chi connectivity index (χ4n) is 1.06. The Balaban J connectivity index is 2.66. The highest BCUT2D eigenvalue weighted by atomic mass is 35.5. The van der Waals surface area contributed by atoms with Crippen molar-refractivity contribution in [2.45, 2.75) is 0 Å². The molecule has 0 fully saturated rings. The average Bonchev–Trinajstić information content (AvgIpc) is 2.26. The van der Waals surface area contributed by atoms with Crippen molar-refractivity contribution in [3.8, 4) is 12.3 Å². The first-order valence-electron chi connectivity index (χ1n) is 4.63. The Labute approximate surface area is 114 Å². The van der Waals surface area contributed by atoms with Gasteiger partial charge in [0.1, 0.15) is 0 Å². The van der Waals surface area contributed by atoms with E-state index in [1.54, 1.807) is 0 Å². The van der Waals surface area contributed by atoms with E-state index in [9.17, 15) is 4.79 Å². The molecule has 0 aliphatic carbocycles. The van der Waals surface area contributed by atoms with E-state index in [1.807, 2.05) is 0 Å². The number of nitrogens with one attached hydrogen (secondary N) is 2. The Kier molecular flexibility index (Phi) is 5.60. The fourth-order valence-corrected chi connectivity index (χ4v) is 1.66. The standard InChI is InChI=1S/C11H9Cl3N2O/c1-2-3-15-6-11(17)16-10-5-8(13)7(12)4-9(10)14/h1,4-5,15H,3,6H2,(H,16,17). The van der Waals surface area contributed by atoms with Gasteiger partial charge < -0.3 is 5.32 Å². The number of hydrogen-bond acceptors (Lipinski definition) is 2. The van der Waals surface area contributed by atoms with Gasteiger partial charge in [0.2, 0.25) is 5.91 Å². The summed E-state index contributed by atoms with van der Waals surface area (Å²) in [5.74, 6) is 2.10. The summed E-state index contributed by atoms with van der Waals surface area (Å²) in [6, 6.07) is 2.96. The molecule has 1 aromatic carbocycles. The molecule has 1 amide bonds. The van der Waals surface area contributed by atoms with Crippen molar-refractivity contribution in [1.29, 1.82) is 0 Å². The molecule has 0 aromatic heterocycles. The number of amides is 1. The maximum absolute atomic E-state index is 11.5. The predicted octanol–water partition coefficient (Wildman–Crippen LogP) is 2.81. The largest absolute Gasteiger partial charge is 0.324 e. The normalized spacial score (nSPS) is 9.76. The number of benzene rings is 1. The van der Waals surface area contributed by atoms with Crippen LogP contribution in [0.15, 0.2) is 12.1 Å². The van der Waals surface area contributed by atoms with E-state index >= 15 is 0 Å². The molecule has 0 spiro atoms. The topological polar surface area (TPSA) is 41.1 Å². The summed E-state index contributed by atoms with van der Waals surface area (Å²) in [7, 11) is 0. The minimum atomic E-state index is -0.263. The molecular formula is C11H9Cl3N2O. The molecule has 0 saturated heterocycles. The lowest BCUT2D eigenvalue weighted by Gasteiger charge is -2.08. The molecule has 6 heteroatoms. The van der Waals surface area contributed by atoms with Gasteiger partial charge in [0.25, 0.3) is 0 Å². The van der Waals surface area contributed by atoms with Crippen molar-refractivity contribution in [2.24, 2.45) is 0 Å². The summed E-state index contributed by atoms with van der Waals surface area (Å²) < 4.78 is 0. The molecule has 0 aliphatic heterocycles. The van der Waals surface area contributed by atoms with E-state index in [2.05, 4.69) is 16.6 Å². The monoisotopic (exact) mass is 290 g/mol. The Bertz CT molecular complexity index is 469. The third-order valence-electron chi connectivity index (χ3n) is 1.80. The van der Waals surface area contributed by atoms with Crippen LogP contribution < -0.4 is 10.6 Å². The number of hydrogen-bond donors (Lipinski definition) is 2. The number of anilines is 1. The molecule has 1 rings (SSSR count). The quantitative estimate of drug-likeness (QED) is 0.509. The second-order valence-corrected chi connectivity index (χ2v) is 4.32. The zero-order valence-electron chi connectivity index (χ0n) is 8.69. The van der Waals surface area contributed by atoms with E-state index < -0.39 is 0 Å². The summed E-state index contributed by atoms with van der Waals surface area (Å²) in [5.41, 5.74) is 0.411. The molecule has 0 saturated carbocycles. The van der Waals surface area contributed by atoms with E-state index in [1.165, 1.54) is 12.1 Å². The van der Waals surface area contributed by atoms with E-state index in [-0.39, 0.29) is 12.5 Å². The summed E-state index contributed by atoms with van der Waals surface area (Å²) in [4.78, 5) is 11.5. The van der Waals surface area contributed by atoms with Crippen LogP contribution in [0.4, 0.5) is 5.69 Å². The highest BCUT2D eigenvalue weighted by molar-refractivity contribution is 6.44. The van der Waals surface area contributed by atoms with Crippen LogP contribution in [0.3, 0.4) is 0 Å². The van der Waals surface area contributed by atoms with Crippen molar-refractivity contribution >= 4 is 46.4 Å². The number of halogens is 3. The third-order valence-corrected chi connectivity index (χ3v) is 2.83. The van der Waals surface area contributed by atoms with E-state index in [4.69, 9.17) is 41.2 Å². The fraction of sp³-hybridized carbons (Fsp3) is 0.182. The predicted molar refractivity (Wildman–Crippen MR) is 71.8 cm³/mol. The lowest BCUT2D eigenvalue weighted by atomic mass is 10.3. The van der Waals surface area contributed by atoms with Gasteiger partial charge >= 0.3 is 0 Å². The zero-order valence-corrected chi connectivity index (χ0v) is 11.0. The van der Waals surface area contributed by atoms with Gasteiger partial charge in [-0.25, -0.2) is 0 Å². The number of carbonyl (C=O) groups is 1. The highest BCUT2D eigenvalue weighted by Gasteiger charge is 2.08. The second-order valence-electron chi connectivity index (χ2n) is 3.10. The first-order valence-corrected chi connectivity index (χ1v) is 5.76. The Morgan fingerprint density at radius 1 is 1.24 bits per heavy atom. The van der Waals surface area contributed by atoms with Crippen molar-refractivity contribution in [3.05, 3.63) is 27.2 Å². The van der Waals surface area contributed by atoms with E-state index in [0.29, 0.717) is 27.3 Å². The molecule has 0 atom stereocenters. The highest BCUT2D eigenvalue weighted by Crippen LogP contribution is 2.32. The molecule has 0 radical (unpaired) electrons. The third kappa shape index (κ3) is 4.45. The summed E-state index contributed by atoms with van der Waals surface area (Å²) in [6.45, 7) is 0.420. The lowest BCUT2D eigenvalue weighted by molar-refractivity contribution is -0.115. The number of rotatable bonds is 4. The first kappa shape index (κ1) is 14.1. The van der Waals surface area contributed by atoms with Crippen LogP contribution in [0.2, 0.25) is 15.1 Å². The van der Waals surface area contributed by atoms with Gasteiger partial charge in [-0.3, -0.25) is 10.1 Å². The van der Waals surface area contributed by atoms with Gasteiger partial charge in [-0.15, -0.1) is 6.42 Å². The van der Waals surface area contributed by atoms with Crippen LogP contribution in [0.5, 0.6) is 0 Å². The Hall–Kier alpha value is -0.920. The van der Waals surface area contributed by atoms with Gasteiger partial charge in [0, 0.05) is 0 Å². The number of carbonyl (C=O) groups excluding carboxylic acids is 1. The van der Waals surface area contributed by atoms with Crippen LogP contribution in [-0.4, -0.2) is 19.0 Å². The molecule has 17 heavy (non-hydrogen) atoms. The first-order chi connectivity index (χ1) is 8.04. The molecule has 3 nitrogen and oxygen atoms in total. The van der Waals surface area contributed by atoms with Crippen LogP contribution in [0, 0.1) is 12.3 Å². The van der Waals surface area contributed by atoms with Gasteiger partial charge in [-0.1, -0.05) is 40.7 Å². The SMILES string of the molecule is C#CCNCC(=O)Nc1cc(Cl)c(Cl)cc1Cl. The molecule has 2 N–H and O–H groups in total. The smallest absolute Gasteiger partial charge is 0.238 e. The molecule has 0 heterocycles. The molecule has 90 valence electrons. The van der Waals surface area contributed by atoms with Crippen molar-refractivity contribution < 1.29 is 4.79 Å². The molecular weight excluding hydrogens is 282 g/mol. The van der Waals surface area contributed by atoms with Crippen LogP contribution in [-0.2, 0) is 4.79 Å². The summed E-state index contributed by atoms with van der Waals surface area (Å²) in [5, 5.41) is 6.32. The maximum Gasteiger partial charge on any atom is 0.238 e. The van der Waals surface area contributed by atoms with Crippen LogP contribution in [0.25, 0.3) is 0 Å². The molecule has 1 aromatic rings. The van der Waals surface area contributed by atoms with Crippen molar-refractivity contribution in [2.75, 3.05) is 18.4 Å². The van der Waals surface area contributed by atoms with Crippen LogP contribution in [0.1, 0.15) is 0 Å². The number of terminal acetylenes is 1. The molecule has 0 bridgehead atoms. The Morgan fingerprint density at radius 3 is 2.53 bits per heavy atom. The van der Waals surface area contributed by atoms with Crippen molar-refractivity contribution in [1.82, 2.24) is 5.32 Å². The van der Waals surface area contributed by atoms with Crippen LogP contribution >= 0.6 is 34.8 Å². The second kappa shape index (κ2) is 6.73. The van der Waals surface area contributed by atoms with Crippen molar-refractivity contribution in [3.63, 3.8) is 0 Å². The lowest BCUT2D eigenvalue weighted by Crippen LogP contribution is -2.28. The minimum absolute atomic E-state index is 0.0980. The molecule has 0 unspecified atom stereocenters. The summed E-state index contributed by atoms with van der Waals surface area (Å²) >= 11 is 17.5. The maximum atomic E-state index is 11.5. The average molecular weight is 292 g/mol. The summed E-state index contributed by atoms with van der Waals surface area (Å²) in [6.07, 6.45) is 5.03. The van der Waals surface area contributed by atoms with Gasteiger partial charge in [-0.05, 0) is 12.1 Å². The van der Waals surface area contributed by atoms with Gasteiger partial charge in [0.05, 0.1) is 33.8 Å². The van der Waals surface area contributed by atoms with E-state index in [0.717, 1.165) is 0 Å².